The third kappa shape index (κ3) is 2.98. The zero-order valence-corrected chi connectivity index (χ0v) is 10.8. The average molecular weight is 278 g/mol. The molecule has 0 radical (unpaired) electrons. The molecule has 0 spiro atoms. The van der Waals surface area contributed by atoms with E-state index >= 15 is 0 Å². The van der Waals surface area contributed by atoms with Crippen LogP contribution in [-0.4, -0.2) is 12.6 Å². The first-order valence-corrected chi connectivity index (χ1v) is 5.93. The van der Waals surface area contributed by atoms with Gasteiger partial charge < -0.3 is 14.9 Å². The number of nitrogen functional groups attached to an aromatic ring is 1. The van der Waals surface area contributed by atoms with Crippen LogP contribution in [0.5, 0.6) is 0 Å². The molecule has 1 heterocycles. The Kier molecular flexibility index (Phi) is 3.92. The van der Waals surface area contributed by atoms with Crippen LogP contribution in [0.3, 0.4) is 0 Å². The Morgan fingerprint density at radius 3 is 2.89 bits per heavy atom. The van der Waals surface area contributed by atoms with Crippen molar-refractivity contribution >= 4 is 23.3 Å². The van der Waals surface area contributed by atoms with E-state index in [2.05, 4.69) is 6.58 Å². The van der Waals surface area contributed by atoms with Crippen molar-refractivity contribution in [2.24, 2.45) is 0 Å². The number of anilines is 1. The Bertz CT molecular complexity index is 619. The van der Waals surface area contributed by atoms with Gasteiger partial charge in [0.05, 0.1) is 5.02 Å². The first-order valence-electron chi connectivity index (χ1n) is 5.55. The summed E-state index contributed by atoms with van der Waals surface area (Å²) in [6.07, 6.45) is 1.48. The quantitative estimate of drug-likeness (QED) is 0.527. The van der Waals surface area contributed by atoms with Gasteiger partial charge in [0.25, 0.3) is 0 Å². The fourth-order valence-electron chi connectivity index (χ4n) is 1.53. The summed E-state index contributed by atoms with van der Waals surface area (Å²) in [4.78, 5) is 11.6. The number of esters is 1. The third-order valence-electron chi connectivity index (χ3n) is 2.40. The summed E-state index contributed by atoms with van der Waals surface area (Å²) in [7, 11) is 0. The van der Waals surface area contributed by atoms with E-state index in [4.69, 9.17) is 26.5 Å². The minimum absolute atomic E-state index is 0.116. The monoisotopic (exact) mass is 277 g/mol. The lowest BCUT2D eigenvalue weighted by Crippen LogP contribution is -2.03. The lowest BCUT2D eigenvalue weighted by Gasteiger charge is -2.02. The van der Waals surface area contributed by atoms with Crippen LogP contribution in [-0.2, 0) is 4.74 Å². The average Bonchev–Trinajstić information content (AvgIpc) is 2.85. The Hall–Kier alpha value is -2.20. The number of nitrogens with two attached hydrogens (primary N) is 1. The predicted molar refractivity (Wildman–Crippen MR) is 74.0 cm³/mol. The molecule has 2 rings (SSSR count). The zero-order chi connectivity index (χ0) is 13.8. The van der Waals surface area contributed by atoms with Crippen LogP contribution in [0.2, 0.25) is 5.02 Å². The molecule has 2 N–H and O–H groups in total. The second-order valence-electron chi connectivity index (χ2n) is 3.79. The fraction of sp³-hybridized carbons (Fsp3) is 0.0714. The number of furan rings is 1. The highest BCUT2D eigenvalue weighted by molar-refractivity contribution is 6.33. The molecule has 0 unspecified atom stereocenters. The SMILES string of the molecule is C=CCOC(=O)c1ccc(-c2ccc(N)cc2Cl)o1. The zero-order valence-electron chi connectivity index (χ0n) is 10.1. The summed E-state index contributed by atoms with van der Waals surface area (Å²) < 4.78 is 10.3. The molecule has 0 fully saturated rings. The molecule has 98 valence electrons. The highest BCUT2D eigenvalue weighted by Crippen LogP contribution is 2.30. The number of halogens is 1. The van der Waals surface area contributed by atoms with Crippen LogP contribution in [0.4, 0.5) is 5.69 Å². The molecule has 0 amide bonds. The van der Waals surface area contributed by atoms with Crippen molar-refractivity contribution in [2.75, 3.05) is 12.3 Å². The number of ether oxygens (including phenoxy) is 1. The molecule has 19 heavy (non-hydrogen) atoms. The molecule has 1 aromatic heterocycles. The van der Waals surface area contributed by atoms with Gasteiger partial charge in [-0.3, -0.25) is 0 Å². The summed E-state index contributed by atoms with van der Waals surface area (Å²) in [6, 6.07) is 8.25. The van der Waals surface area contributed by atoms with Crippen molar-refractivity contribution in [1.29, 1.82) is 0 Å². The van der Waals surface area contributed by atoms with Crippen LogP contribution in [0.25, 0.3) is 11.3 Å². The van der Waals surface area contributed by atoms with Gasteiger partial charge in [-0.05, 0) is 30.3 Å². The van der Waals surface area contributed by atoms with Gasteiger partial charge in [-0.25, -0.2) is 4.79 Å². The van der Waals surface area contributed by atoms with Crippen molar-refractivity contribution in [1.82, 2.24) is 0 Å². The topological polar surface area (TPSA) is 65.5 Å². The fourth-order valence-corrected chi connectivity index (χ4v) is 1.81. The van der Waals surface area contributed by atoms with Crippen LogP contribution in [0.15, 0.2) is 47.4 Å². The Labute approximate surface area is 115 Å². The van der Waals surface area contributed by atoms with Gasteiger partial charge in [-0.1, -0.05) is 24.3 Å². The lowest BCUT2D eigenvalue weighted by molar-refractivity contribution is 0.0514. The first kappa shape index (κ1) is 13.2. The van der Waals surface area contributed by atoms with E-state index in [1.807, 2.05) is 0 Å². The number of hydrogen-bond donors (Lipinski definition) is 1. The molecule has 0 aliphatic rings. The molecule has 1 aromatic carbocycles. The molecule has 0 bridgehead atoms. The van der Waals surface area contributed by atoms with Crippen molar-refractivity contribution in [3.63, 3.8) is 0 Å². The summed E-state index contributed by atoms with van der Waals surface area (Å²) in [6.45, 7) is 3.60. The smallest absolute Gasteiger partial charge is 0.374 e. The van der Waals surface area contributed by atoms with E-state index < -0.39 is 5.97 Å². The van der Waals surface area contributed by atoms with Crippen molar-refractivity contribution in [2.45, 2.75) is 0 Å². The van der Waals surface area contributed by atoms with E-state index in [0.29, 0.717) is 22.0 Å². The molecule has 0 saturated carbocycles. The summed E-state index contributed by atoms with van der Waals surface area (Å²) >= 11 is 6.07. The van der Waals surface area contributed by atoms with Gasteiger partial charge in [0.2, 0.25) is 5.76 Å². The van der Waals surface area contributed by atoms with Crippen LogP contribution in [0, 0.1) is 0 Å². The van der Waals surface area contributed by atoms with Crippen molar-refractivity contribution in [3.8, 4) is 11.3 Å². The number of hydrogen-bond acceptors (Lipinski definition) is 4. The molecule has 0 saturated heterocycles. The van der Waals surface area contributed by atoms with Crippen LogP contribution in [0.1, 0.15) is 10.6 Å². The maximum absolute atomic E-state index is 11.6. The van der Waals surface area contributed by atoms with Gasteiger partial charge in [0.1, 0.15) is 12.4 Å². The standard InChI is InChI=1S/C14H12ClNO3/c1-2-7-18-14(17)13-6-5-12(19-13)10-4-3-9(16)8-11(10)15/h2-6,8H,1,7,16H2. The minimum Gasteiger partial charge on any atom is -0.456 e. The Morgan fingerprint density at radius 2 is 2.21 bits per heavy atom. The summed E-state index contributed by atoms with van der Waals surface area (Å²) in [5, 5.41) is 0.459. The molecular formula is C14H12ClNO3. The van der Waals surface area contributed by atoms with Crippen LogP contribution >= 0.6 is 11.6 Å². The number of carbonyl (C=O) groups excluding carboxylic acids is 1. The van der Waals surface area contributed by atoms with E-state index in [-0.39, 0.29) is 12.4 Å². The van der Waals surface area contributed by atoms with E-state index in [9.17, 15) is 4.79 Å². The van der Waals surface area contributed by atoms with Crippen molar-refractivity contribution in [3.05, 3.63) is 53.8 Å². The third-order valence-corrected chi connectivity index (χ3v) is 2.71. The van der Waals surface area contributed by atoms with Gasteiger partial charge in [0.15, 0.2) is 0 Å². The van der Waals surface area contributed by atoms with E-state index in [1.54, 1.807) is 24.3 Å². The number of rotatable bonds is 4. The van der Waals surface area contributed by atoms with Crippen molar-refractivity contribution < 1.29 is 13.9 Å². The Balaban J connectivity index is 2.25. The molecule has 5 heteroatoms. The summed E-state index contributed by atoms with van der Waals surface area (Å²) in [5.74, 6) is 0.0537. The van der Waals surface area contributed by atoms with E-state index in [1.165, 1.54) is 12.1 Å². The van der Waals surface area contributed by atoms with Gasteiger partial charge in [-0.2, -0.15) is 0 Å². The predicted octanol–water partition coefficient (Wildman–Crippen LogP) is 3.53. The maximum atomic E-state index is 11.6. The second kappa shape index (κ2) is 5.63. The molecule has 0 aliphatic heterocycles. The molecule has 0 atom stereocenters. The summed E-state index contributed by atoms with van der Waals surface area (Å²) in [5.41, 5.74) is 6.84. The number of benzene rings is 1. The number of carbonyl (C=O) groups is 1. The molecule has 2 aromatic rings. The normalized spacial score (nSPS) is 10.2. The highest BCUT2D eigenvalue weighted by Gasteiger charge is 2.14. The van der Waals surface area contributed by atoms with Gasteiger partial charge in [0, 0.05) is 11.3 Å². The first-order chi connectivity index (χ1) is 9.11. The minimum atomic E-state index is -0.544. The molecule has 4 nitrogen and oxygen atoms in total. The largest absolute Gasteiger partial charge is 0.456 e. The van der Waals surface area contributed by atoms with E-state index in [0.717, 1.165) is 0 Å². The Morgan fingerprint density at radius 1 is 1.42 bits per heavy atom. The maximum Gasteiger partial charge on any atom is 0.374 e. The lowest BCUT2D eigenvalue weighted by atomic mass is 10.1. The molecule has 0 aliphatic carbocycles. The molecular weight excluding hydrogens is 266 g/mol. The van der Waals surface area contributed by atoms with Crippen LogP contribution < -0.4 is 5.73 Å². The van der Waals surface area contributed by atoms with Gasteiger partial charge in [-0.15, -0.1) is 0 Å². The second-order valence-corrected chi connectivity index (χ2v) is 4.20. The highest BCUT2D eigenvalue weighted by atomic mass is 35.5. The van der Waals surface area contributed by atoms with Gasteiger partial charge >= 0.3 is 5.97 Å².